The summed E-state index contributed by atoms with van der Waals surface area (Å²) in [7, 11) is -3.84. The molecule has 1 heterocycles. The Balaban J connectivity index is 1.87. The van der Waals surface area contributed by atoms with E-state index in [0.29, 0.717) is 16.0 Å². The van der Waals surface area contributed by atoms with Gasteiger partial charge in [-0.2, -0.15) is 0 Å². The molecule has 26 heavy (non-hydrogen) atoms. The van der Waals surface area contributed by atoms with E-state index in [1.807, 2.05) is 0 Å². The maximum absolute atomic E-state index is 12.3. The summed E-state index contributed by atoms with van der Waals surface area (Å²) in [5, 5.41) is 1.81. The summed E-state index contributed by atoms with van der Waals surface area (Å²) < 4.78 is 29.4. The summed E-state index contributed by atoms with van der Waals surface area (Å²) in [4.78, 5) is 24.3. The first kappa shape index (κ1) is 18.1. The molecule has 0 radical (unpaired) electrons. The number of fused-ring (bicyclic) bond motifs is 1. The van der Waals surface area contributed by atoms with Gasteiger partial charge in [0.05, 0.1) is 0 Å². The molecule has 0 bridgehead atoms. The lowest BCUT2D eigenvalue weighted by Gasteiger charge is -2.02. The number of Topliss-reactive ketones (excluding diaryl/α,β-unsaturated/α-hetero) is 1. The second-order valence-corrected chi connectivity index (χ2v) is 7.90. The van der Waals surface area contributed by atoms with E-state index in [9.17, 15) is 18.0 Å². The van der Waals surface area contributed by atoms with Crippen LogP contribution in [-0.2, 0) is 9.84 Å². The molecule has 0 saturated carbocycles. The van der Waals surface area contributed by atoms with Crippen molar-refractivity contribution in [2.45, 2.75) is 0 Å². The average Bonchev–Trinajstić information content (AvgIpc) is 2.60. The normalized spacial score (nSPS) is 11.9. The SMILES string of the molecule is O=C(CS(=O)(=O)/C=C/c1ccccc1)c1cc2cc(Cl)ccc2oc1=O. The molecule has 0 fully saturated rings. The Morgan fingerprint density at radius 3 is 2.54 bits per heavy atom. The Morgan fingerprint density at radius 2 is 1.81 bits per heavy atom. The number of rotatable bonds is 5. The van der Waals surface area contributed by atoms with Crippen molar-refractivity contribution in [3.63, 3.8) is 0 Å². The van der Waals surface area contributed by atoms with Gasteiger partial charge in [0, 0.05) is 15.8 Å². The van der Waals surface area contributed by atoms with Gasteiger partial charge in [-0.1, -0.05) is 41.9 Å². The number of carbonyl (C=O) groups is 1. The summed E-state index contributed by atoms with van der Waals surface area (Å²) in [5.74, 6) is -1.66. The van der Waals surface area contributed by atoms with E-state index < -0.39 is 27.0 Å². The molecule has 0 saturated heterocycles. The maximum atomic E-state index is 12.3. The average molecular weight is 389 g/mol. The molecule has 0 unspecified atom stereocenters. The zero-order valence-corrected chi connectivity index (χ0v) is 15.0. The Labute approximate surface area is 154 Å². The van der Waals surface area contributed by atoms with Crippen LogP contribution in [0.1, 0.15) is 15.9 Å². The van der Waals surface area contributed by atoms with Crippen LogP contribution >= 0.6 is 11.6 Å². The molecule has 7 heteroatoms. The van der Waals surface area contributed by atoms with E-state index in [1.165, 1.54) is 24.3 Å². The molecule has 0 aliphatic carbocycles. The molecule has 0 N–H and O–H groups in total. The van der Waals surface area contributed by atoms with Crippen LogP contribution in [-0.4, -0.2) is 20.0 Å². The van der Waals surface area contributed by atoms with Gasteiger partial charge < -0.3 is 4.42 Å². The van der Waals surface area contributed by atoms with Crippen LogP contribution in [0.5, 0.6) is 0 Å². The quantitative estimate of drug-likeness (QED) is 0.491. The van der Waals surface area contributed by atoms with Crippen molar-refractivity contribution in [2.75, 3.05) is 5.75 Å². The maximum Gasteiger partial charge on any atom is 0.347 e. The molecule has 0 atom stereocenters. The van der Waals surface area contributed by atoms with Gasteiger partial charge in [-0.3, -0.25) is 4.79 Å². The fraction of sp³-hybridized carbons (Fsp3) is 0.0526. The fourth-order valence-corrected chi connectivity index (χ4v) is 3.51. The predicted molar refractivity (Wildman–Crippen MR) is 101 cm³/mol. The van der Waals surface area contributed by atoms with Crippen LogP contribution in [0, 0.1) is 0 Å². The number of hydrogen-bond donors (Lipinski definition) is 0. The summed E-state index contributed by atoms with van der Waals surface area (Å²) in [5.41, 5.74) is -0.255. The van der Waals surface area contributed by atoms with Crippen molar-refractivity contribution in [1.29, 1.82) is 0 Å². The first-order valence-electron chi connectivity index (χ1n) is 7.56. The molecule has 0 amide bonds. The van der Waals surface area contributed by atoms with Crippen molar-refractivity contribution >= 4 is 44.3 Å². The van der Waals surface area contributed by atoms with Crippen LogP contribution in [0.4, 0.5) is 0 Å². The zero-order chi connectivity index (χ0) is 18.7. The second kappa shape index (κ2) is 7.27. The number of benzene rings is 2. The van der Waals surface area contributed by atoms with Gasteiger partial charge in [-0.25, -0.2) is 13.2 Å². The van der Waals surface area contributed by atoms with E-state index in [1.54, 1.807) is 36.4 Å². The molecule has 5 nitrogen and oxygen atoms in total. The van der Waals surface area contributed by atoms with Gasteiger partial charge in [0.25, 0.3) is 0 Å². The zero-order valence-electron chi connectivity index (χ0n) is 13.4. The number of halogens is 1. The van der Waals surface area contributed by atoms with E-state index in [-0.39, 0.29) is 11.1 Å². The van der Waals surface area contributed by atoms with Crippen molar-refractivity contribution in [1.82, 2.24) is 0 Å². The van der Waals surface area contributed by atoms with Gasteiger partial charge in [-0.05, 0) is 35.9 Å². The van der Waals surface area contributed by atoms with Crippen LogP contribution in [0.2, 0.25) is 5.02 Å². The highest BCUT2D eigenvalue weighted by Crippen LogP contribution is 2.19. The molecule has 0 aliphatic heterocycles. The topological polar surface area (TPSA) is 81.4 Å². The third-order valence-electron chi connectivity index (χ3n) is 3.59. The summed E-state index contributed by atoms with van der Waals surface area (Å²) in [6, 6.07) is 14.7. The molecule has 3 aromatic rings. The van der Waals surface area contributed by atoms with Gasteiger partial charge in [-0.15, -0.1) is 0 Å². The minimum absolute atomic E-state index is 0.266. The van der Waals surface area contributed by atoms with Crippen molar-refractivity contribution in [3.05, 3.63) is 86.6 Å². The van der Waals surface area contributed by atoms with Crippen molar-refractivity contribution < 1.29 is 17.6 Å². The van der Waals surface area contributed by atoms with Gasteiger partial charge in [0.2, 0.25) is 0 Å². The lowest BCUT2D eigenvalue weighted by atomic mass is 10.1. The number of hydrogen-bond acceptors (Lipinski definition) is 5. The Bertz CT molecular complexity index is 1160. The molecule has 1 aromatic heterocycles. The van der Waals surface area contributed by atoms with Gasteiger partial charge in [0.1, 0.15) is 16.9 Å². The minimum atomic E-state index is -3.84. The first-order chi connectivity index (χ1) is 12.3. The number of sulfone groups is 1. The van der Waals surface area contributed by atoms with Crippen LogP contribution in [0.25, 0.3) is 17.0 Å². The van der Waals surface area contributed by atoms with Gasteiger partial charge in [0.15, 0.2) is 15.6 Å². The monoisotopic (exact) mass is 388 g/mol. The van der Waals surface area contributed by atoms with E-state index in [0.717, 1.165) is 5.41 Å². The highest BCUT2D eigenvalue weighted by molar-refractivity contribution is 7.95. The summed E-state index contributed by atoms with van der Waals surface area (Å²) in [6.45, 7) is 0. The van der Waals surface area contributed by atoms with Crippen LogP contribution in [0.15, 0.2) is 69.2 Å². The predicted octanol–water partition coefficient (Wildman–Crippen LogP) is 3.71. The molecule has 0 aliphatic rings. The van der Waals surface area contributed by atoms with Crippen LogP contribution < -0.4 is 5.63 Å². The Hall–Kier alpha value is -2.70. The molecular formula is C19H13ClO5S. The Kier molecular flexibility index (Phi) is 5.06. The third kappa shape index (κ3) is 4.28. The number of carbonyl (C=O) groups excluding carboxylic acids is 1. The van der Waals surface area contributed by atoms with Gasteiger partial charge >= 0.3 is 5.63 Å². The lowest BCUT2D eigenvalue weighted by Crippen LogP contribution is -2.21. The molecule has 3 rings (SSSR count). The minimum Gasteiger partial charge on any atom is -0.422 e. The van der Waals surface area contributed by atoms with Crippen molar-refractivity contribution in [3.8, 4) is 0 Å². The molecular weight excluding hydrogens is 376 g/mol. The third-order valence-corrected chi connectivity index (χ3v) is 5.04. The fourth-order valence-electron chi connectivity index (χ4n) is 2.34. The van der Waals surface area contributed by atoms with E-state index in [2.05, 4.69) is 0 Å². The highest BCUT2D eigenvalue weighted by atomic mass is 35.5. The Morgan fingerprint density at radius 1 is 1.08 bits per heavy atom. The summed E-state index contributed by atoms with van der Waals surface area (Å²) >= 11 is 5.89. The lowest BCUT2D eigenvalue weighted by molar-refractivity contribution is 0.101. The van der Waals surface area contributed by atoms with Crippen LogP contribution in [0.3, 0.4) is 0 Å². The molecule has 2 aromatic carbocycles. The standard InChI is InChI=1S/C19H13ClO5S/c20-15-6-7-18-14(10-15)11-16(19(22)25-18)17(21)12-26(23,24)9-8-13-4-2-1-3-5-13/h1-11H,12H2/b9-8+. The molecule has 132 valence electrons. The molecule has 0 spiro atoms. The smallest absolute Gasteiger partial charge is 0.347 e. The number of ketones is 1. The first-order valence-corrected chi connectivity index (χ1v) is 9.66. The van der Waals surface area contributed by atoms with Crippen molar-refractivity contribution in [2.24, 2.45) is 0 Å². The summed E-state index contributed by atoms with van der Waals surface area (Å²) in [6.07, 6.45) is 1.39. The highest BCUT2D eigenvalue weighted by Gasteiger charge is 2.20. The second-order valence-electron chi connectivity index (χ2n) is 5.57. The van der Waals surface area contributed by atoms with E-state index >= 15 is 0 Å². The van der Waals surface area contributed by atoms with E-state index in [4.69, 9.17) is 16.0 Å². The largest absolute Gasteiger partial charge is 0.422 e.